The lowest BCUT2D eigenvalue weighted by Crippen LogP contribution is -2.26. The zero-order valence-electron chi connectivity index (χ0n) is 5.87. The number of aryl methyl sites for hydroxylation is 1. The van der Waals surface area contributed by atoms with Crippen LogP contribution in [0.4, 0.5) is 5.82 Å². The summed E-state index contributed by atoms with van der Waals surface area (Å²) in [6, 6.07) is 0. The van der Waals surface area contributed by atoms with Gasteiger partial charge in [-0.15, -0.1) is 0 Å². The van der Waals surface area contributed by atoms with Gasteiger partial charge in [-0.2, -0.15) is 0 Å². The molecule has 1 aromatic heterocycles. The van der Waals surface area contributed by atoms with E-state index in [1.165, 1.54) is 4.68 Å². The summed E-state index contributed by atoms with van der Waals surface area (Å²) in [6.07, 6.45) is 0. The molecule has 0 atom stereocenters. The maximum atomic E-state index is 10.8. The van der Waals surface area contributed by atoms with E-state index >= 15 is 0 Å². The van der Waals surface area contributed by atoms with Crippen molar-refractivity contribution in [3.05, 3.63) is 0 Å². The molecule has 2 rings (SSSR count). The Morgan fingerprint density at radius 3 is 3.36 bits per heavy atom. The molecule has 0 saturated heterocycles. The number of amides is 1. The first-order valence-corrected chi connectivity index (χ1v) is 3.09. The Morgan fingerprint density at radius 1 is 1.73 bits per heavy atom. The quantitative estimate of drug-likeness (QED) is 0.528. The summed E-state index contributed by atoms with van der Waals surface area (Å²) in [5.74, 6) is 0.719. The van der Waals surface area contributed by atoms with Crippen LogP contribution in [0.1, 0.15) is 0 Å². The number of nitrogens with zero attached hydrogens (tertiary/aromatic N) is 3. The molecule has 1 aromatic rings. The van der Waals surface area contributed by atoms with Crippen LogP contribution < -0.4 is 10.1 Å². The van der Waals surface area contributed by atoms with Crippen molar-refractivity contribution >= 4 is 11.7 Å². The van der Waals surface area contributed by atoms with Crippen molar-refractivity contribution in [2.24, 2.45) is 7.05 Å². The van der Waals surface area contributed by atoms with Gasteiger partial charge in [-0.05, 0) is 0 Å². The molecule has 0 spiro atoms. The van der Waals surface area contributed by atoms with Crippen LogP contribution in [0.25, 0.3) is 0 Å². The van der Waals surface area contributed by atoms with E-state index < -0.39 is 0 Å². The predicted molar refractivity (Wildman–Crippen MR) is 35.1 cm³/mol. The van der Waals surface area contributed by atoms with E-state index in [4.69, 9.17) is 4.74 Å². The van der Waals surface area contributed by atoms with E-state index in [1.807, 2.05) is 0 Å². The standard InChI is InChI=1S/C5H6N4O2/c1-9-4-5(7-8-9)11-2-3(10)6-4/h2H2,1H3,(H,6,10). The molecule has 2 heterocycles. The highest BCUT2D eigenvalue weighted by Crippen LogP contribution is 2.22. The Balaban J connectivity index is 2.45. The molecule has 1 N–H and O–H groups in total. The molecule has 1 aliphatic heterocycles. The van der Waals surface area contributed by atoms with Crippen LogP contribution in [0.5, 0.6) is 5.88 Å². The van der Waals surface area contributed by atoms with Gasteiger partial charge in [-0.25, -0.2) is 4.68 Å². The summed E-state index contributed by atoms with van der Waals surface area (Å²) in [5.41, 5.74) is 0. The molecule has 0 radical (unpaired) electrons. The number of hydrogen-bond acceptors (Lipinski definition) is 4. The third-order valence-corrected chi connectivity index (χ3v) is 1.39. The van der Waals surface area contributed by atoms with Crippen LogP contribution in [0.3, 0.4) is 0 Å². The Labute approximate surface area is 62.1 Å². The van der Waals surface area contributed by atoms with Gasteiger partial charge >= 0.3 is 0 Å². The van der Waals surface area contributed by atoms with Crippen LogP contribution in [0.15, 0.2) is 0 Å². The lowest BCUT2D eigenvalue weighted by molar-refractivity contribution is -0.118. The fourth-order valence-corrected chi connectivity index (χ4v) is 0.872. The average Bonchev–Trinajstić information content (AvgIpc) is 2.33. The van der Waals surface area contributed by atoms with Gasteiger partial charge in [0.1, 0.15) is 0 Å². The Kier molecular flexibility index (Phi) is 1.09. The Hall–Kier alpha value is -1.59. The number of nitrogens with one attached hydrogen (secondary N) is 1. The summed E-state index contributed by atoms with van der Waals surface area (Å²) < 4.78 is 6.40. The minimum absolute atomic E-state index is 0.0195. The van der Waals surface area contributed by atoms with E-state index in [9.17, 15) is 4.79 Å². The Morgan fingerprint density at radius 2 is 2.55 bits per heavy atom. The zero-order valence-corrected chi connectivity index (χ0v) is 5.87. The third kappa shape index (κ3) is 0.830. The molecule has 0 aromatic carbocycles. The van der Waals surface area contributed by atoms with Gasteiger partial charge in [0, 0.05) is 7.05 Å². The van der Waals surface area contributed by atoms with Crippen molar-refractivity contribution in [3.63, 3.8) is 0 Å². The number of rotatable bonds is 0. The number of anilines is 1. The average molecular weight is 154 g/mol. The first-order valence-electron chi connectivity index (χ1n) is 3.09. The highest BCUT2D eigenvalue weighted by atomic mass is 16.5. The van der Waals surface area contributed by atoms with Crippen molar-refractivity contribution in [2.75, 3.05) is 11.9 Å². The topological polar surface area (TPSA) is 69.0 Å². The Bertz CT molecular complexity index is 305. The number of ether oxygens (including phenoxy) is 1. The number of aromatic nitrogens is 3. The van der Waals surface area contributed by atoms with Gasteiger partial charge in [0.2, 0.25) is 0 Å². The van der Waals surface area contributed by atoms with Gasteiger partial charge in [-0.3, -0.25) is 4.79 Å². The van der Waals surface area contributed by atoms with Gasteiger partial charge < -0.3 is 10.1 Å². The summed E-state index contributed by atoms with van der Waals surface area (Å²) in [5, 5.41) is 9.91. The number of fused-ring (bicyclic) bond motifs is 1. The van der Waals surface area contributed by atoms with Crippen LogP contribution in [0.2, 0.25) is 0 Å². The zero-order chi connectivity index (χ0) is 7.84. The fourth-order valence-electron chi connectivity index (χ4n) is 0.872. The molecular weight excluding hydrogens is 148 g/mol. The van der Waals surface area contributed by atoms with Crippen molar-refractivity contribution in [2.45, 2.75) is 0 Å². The van der Waals surface area contributed by atoms with Crippen LogP contribution in [-0.2, 0) is 11.8 Å². The minimum Gasteiger partial charge on any atom is -0.464 e. The minimum atomic E-state index is -0.178. The van der Waals surface area contributed by atoms with Crippen molar-refractivity contribution in [1.82, 2.24) is 15.0 Å². The molecule has 1 amide bonds. The van der Waals surface area contributed by atoms with Crippen LogP contribution in [-0.4, -0.2) is 27.5 Å². The SMILES string of the molecule is Cn1nnc2c1NC(=O)CO2. The summed E-state index contributed by atoms with van der Waals surface area (Å²) in [4.78, 5) is 10.8. The molecule has 0 fully saturated rings. The molecule has 6 nitrogen and oxygen atoms in total. The maximum Gasteiger partial charge on any atom is 0.279 e. The van der Waals surface area contributed by atoms with E-state index in [-0.39, 0.29) is 12.5 Å². The second-order valence-corrected chi connectivity index (χ2v) is 2.20. The van der Waals surface area contributed by atoms with Crippen molar-refractivity contribution in [1.29, 1.82) is 0 Å². The predicted octanol–water partition coefficient (Wildman–Crippen LogP) is -0.854. The molecule has 0 aliphatic carbocycles. The van der Waals surface area contributed by atoms with E-state index in [0.29, 0.717) is 11.7 Å². The largest absolute Gasteiger partial charge is 0.464 e. The lowest BCUT2D eigenvalue weighted by Gasteiger charge is -2.11. The molecule has 11 heavy (non-hydrogen) atoms. The summed E-state index contributed by atoms with van der Waals surface area (Å²) in [6.45, 7) is 0.0195. The highest BCUT2D eigenvalue weighted by Gasteiger charge is 2.20. The molecule has 1 aliphatic rings. The highest BCUT2D eigenvalue weighted by molar-refractivity contribution is 5.93. The molecule has 6 heteroatoms. The van der Waals surface area contributed by atoms with Crippen molar-refractivity contribution < 1.29 is 9.53 Å². The van der Waals surface area contributed by atoms with Gasteiger partial charge in [0.25, 0.3) is 11.8 Å². The lowest BCUT2D eigenvalue weighted by atomic mass is 10.5. The third-order valence-electron chi connectivity index (χ3n) is 1.39. The van der Waals surface area contributed by atoms with Gasteiger partial charge in [0.05, 0.1) is 0 Å². The van der Waals surface area contributed by atoms with E-state index in [2.05, 4.69) is 15.6 Å². The fraction of sp³-hybridized carbons (Fsp3) is 0.400. The first kappa shape index (κ1) is 6.14. The molecule has 0 bridgehead atoms. The first-order chi connectivity index (χ1) is 5.27. The molecule has 0 saturated carbocycles. The maximum absolute atomic E-state index is 10.8. The van der Waals surface area contributed by atoms with Gasteiger partial charge in [0.15, 0.2) is 12.4 Å². The molecular formula is C5H6N4O2. The number of carbonyl (C=O) groups is 1. The normalized spacial score (nSPS) is 15.2. The summed E-state index contributed by atoms with van der Waals surface area (Å²) >= 11 is 0. The second-order valence-electron chi connectivity index (χ2n) is 2.20. The van der Waals surface area contributed by atoms with E-state index in [1.54, 1.807) is 7.05 Å². The molecule has 58 valence electrons. The second kappa shape index (κ2) is 1.94. The van der Waals surface area contributed by atoms with Gasteiger partial charge in [-0.1, -0.05) is 10.3 Å². The smallest absolute Gasteiger partial charge is 0.279 e. The summed E-state index contributed by atoms with van der Waals surface area (Å²) in [7, 11) is 1.68. The van der Waals surface area contributed by atoms with Crippen LogP contribution >= 0.6 is 0 Å². The monoisotopic (exact) mass is 154 g/mol. The number of carbonyl (C=O) groups excluding carboxylic acids is 1. The molecule has 0 unspecified atom stereocenters. The van der Waals surface area contributed by atoms with E-state index in [0.717, 1.165) is 0 Å². The van der Waals surface area contributed by atoms with Crippen molar-refractivity contribution in [3.8, 4) is 5.88 Å². The number of hydrogen-bond donors (Lipinski definition) is 1. The van der Waals surface area contributed by atoms with Crippen LogP contribution in [0, 0.1) is 0 Å².